The van der Waals surface area contributed by atoms with Crippen LogP contribution < -0.4 is 15.6 Å². The molecule has 5 nitrogen and oxygen atoms in total. The van der Waals surface area contributed by atoms with Crippen molar-refractivity contribution in [3.8, 4) is 5.75 Å². The van der Waals surface area contributed by atoms with Crippen LogP contribution in [0.1, 0.15) is 17.3 Å². The van der Waals surface area contributed by atoms with Crippen LogP contribution in [-0.4, -0.2) is 17.9 Å². The molecule has 0 aliphatic rings. The third-order valence-corrected chi connectivity index (χ3v) is 3.45. The fraction of sp³-hybridized carbons (Fsp3) is 0.125. The summed E-state index contributed by atoms with van der Waals surface area (Å²) in [5.74, 6) is -0.659. The molecule has 0 fully saturated rings. The lowest BCUT2D eigenvalue weighted by Gasteiger charge is -2.16. The van der Waals surface area contributed by atoms with Gasteiger partial charge in [0.15, 0.2) is 6.10 Å². The molecule has 2 N–H and O–H groups in total. The lowest BCUT2D eigenvalue weighted by atomic mass is 10.2. The molecule has 1 atom stereocenters. The molecular weight excluding hydrogens is 339 g/mol. The normalized spacial score (nSPS) is 11.4. The van der Waals surface area contributed by atoms with Gasteiger partial charge in [-0.05, 0) is 31.2 Å². The number of carbonyl (C=O) groups excluding carboxylic acids is 2. The van der Waals surface area contributed by atoms with E-state index in [2.05, 4.69) is 10.9 Å². The third kappa shape index (κ3) is 4.87. The second-order valence-electron chi connectivity index (χ2n) is 4.64. The lowest BCUT2D eigenvalue weighted by molar-refractivity contribution is -0.128. The van der Waals surface area contributed by atoms with Crippen LogP contribution >= 0.6 is 23.2 Å². The van der Waals surface area contributed by atoms with Crippen molar-refractivity contribution in [3.63, 3.8) is 0 Å². The minimum atomic E-state index is -0.873. The van der Waals surface area contributed by atoms with Crippen molar-refractivity contribution in [1.29, 1.82) is 0 Å². The van der Waals surface area contributed by atoms with Crippen LogP contribution in [0.2, 0.25) is 10.0 Å². The summed E-state index contributed by atoms with van der Waals surface area (Å²) in [5, 5.41) is 0.775. The standard InChI is InChI=1S/C16H14Cl2N2O3/c1-10(23-14-9-12(17)7-8-13(14)18)15(21)19-20-16(22)11-5-3-2-4-6-11/h2-10H,1H3,(H,19,21)(H,20,22)/t10-/m1/s1. The average molecular weight is 353 g/mol. The zero-order valence-corrected chi connectivity index (χ0v) is 13.7. The predicted molar refractivity (Wildman–Crippen MR) is 88.6 cm³/mol. The van der Waals surface area contributed by atoms with Gasteiger partial charge >= 0.3 is 0 Å². The highest BCUT2D eigenvalue weighted by atomic mass is 35.5. The number of hydrogen-bond donors (Lipinski definition) is 2. The van der Waals surface area contributed by atoms with Gasteiger partial charge in [0.1, 0.15) is 5.75 Å². The van der Waals surface area contributed by atoms with Crippen LogP contribution in [-0.2, 0) is 4.79 Å². The summed E-state index contributed by atoms with van der Waals surface area (Å²) in [4.78, 5) is 23.8. The summed E-state index contributed by atoms with van der Waals surface area (Å²) < 4.78 is 5.45. The number of ether oxygens (including phenoxy) is 1. The van der Waals surface area contributed by atoms with Crippen LogP contribution in [0.3, 0.4) is 0 Å². The van der Waals surface area contributed by atoms with Gasteiger partial charge in [-0.15, -0.1) is 0 Å². The van der Waals surface area contributed by atoms with Gasteiger partial charge in [0, 0.05) is 16.7 Å². The van der Waals surface area contributed by atoms with E-state index in [0.29, 0.717) is 15.6 Å². The van der Waals surface area contributed by atoms with Crippen molar-refractivity contribution in [2.45, 2.75) is 13.0 Å². The second kappa shape index (κ2) is 7.85. The number of rotatable bonds is 4. The molecule has 0 aromatic heterocycles. The van der Waals surface area contributed by atoms with E-state index in [1.165, 1.54) is 13.0 Å². The zero-order valence-electron chi connectivity index (χ0n) is 12.2. The van der Waals surface area contributed by atoms with Gasteiger partial charge in [-0.1, -0.05) is 41.4 Å². The molecule has 2 rings (SSSR count). The van der Waals surface area contributed by atoms with E-state index in [1.54, 1.807) is 42.5 Å². The van der Waals surface area contributed by atoms with Gasteiger partial charge in [-0.2, -0.15) is 0 Å². The first-order valence-electron chi connectivity index (χ1n) is 6.74. The molecule has 23 heavy (non-hydrogen) atoms. The summed E-state index contributed by atoms with van der Waals surface area (Å²) >= 11 is 11.8. The lowest BCUT2D eigenvalue weighted by Crippen LogP contribution is -2.47. The molecule has 2 aromatic rings. The summed E-state index contributed by atoms with van der Waals surface area (Å²) in [6, 6.07) is 13.2. The molecule has 0 radical (unpaired) electrons. The molecular formula is C16H14Cl2N2O3. The van der Waals surface area contributed by atoms with Crippen molar-refractivity contribution < 1.29 is 14.3 Å². The van der Waals surface area contributed by atoms with Crippen LogP contribution in [0, 0.1) is 0 Å². The number of hydrogen-bond acceptors (Lipinski definition) is 3. The van der Waals surface area contributed by atoms with E-state index < -0.39 is 17.9 Å². The first kappa shape index (κ1) is 17.1. The largest absolute Gasteiger partial charge is 0.479 e. The van der Waals surface area contributed by atoms with Crippen LogP contribution in [0.4, 0.5) is 0 Å². The third-order valence-electron chi connectivity index (χ3n) is 2.90. The van der Waals surface area contributed by atoms with E-state index >= 15 is 0 Å². The quantitative estimate of drug-likeness (QED) is 0.830. The SMILES string of the molecule is C[C@@H](Oc1cc(Cl)ccc1Cl)C(=O)NNC(=O)c1ccccc1. The van der Waals surface area contributed by atoms with Gasteiger partial charge in [-0.25, -0.2) is 0 Å². The Morgan fingerprint density at radius 3 is 2.43 bits per heavy atom. The van der Waals surface area contributed by atoms with Gasteiger partial charge in [0.25, 0.3) is 11.8 Å². The maximum Gasteiger partial charge on any atom is 0.279 e. The van der Waals surface area contributed by atoms with Gasteiger partial charge in [0.2, 0.25) is 0 Å². The number of benzene rings is 2. The Bertz CT molecular complexity index is 708. The fourth-order valence-electron chi connectivity index (χ4n) is 1.69. The topological polar surface area (TPSA) is 67.4 Å². The maximum absolute atomic E-state index is 12.0. The zero-order chi connectivity index (χ0) is 16.8. The molecule has 7 heteroatoms. The van der Waals surface area contributed by atoms with E-state index in [4.69, 9.17) is 27.9 Å². The van der Waals surface area contributed by atoms with Crippen molar-refractivity contribution >= 4 is 35.0 Å². The van der Waals surface area contributed by atoms with Crippen molar-refractivity contribution in [2.75, 3.05) is 0 Å². The van der Waals surface area contributed by atoms with E-state index in [1.807, 2.05) is 0 Å². The molecule has 2 aromatic carbocycles. The van der Waals surface area contributed by atoms with Gasteiger partial charge < -0.3 is 4.74 Å². The van der Waals surface area contributed by atoms with E-state index in [0.717, 1.165) is 0 Å². The minimum absolute atomic E-state index is 0.288. The summed E-state index contributed by atoms with van der Waals surface area (Å²) in [6.07, 6.45) is -0.873. The Morgan fingerprint density at radius 1 is 1.04 bits per heavy atom. The highest BCUT2D eigenvalue weighted by Crippen LogP contribution is 2.28. The fourth-order valence-corrected chi connectivity index (χ4v) is 2.02. The molecule has 2 amide bonds. The number of hydrazine groups is 1. The number of halogens is 2. The number of carbonyl (C=O) groups is 2. The molecule has 0 unspecified atom stereocenters. The Balaban J connectivity index is 1.90. The first-order valence-corrected chi connectivity index (χ1v) is 7.50. The molecule has 0 heterocycles. The van der Waals surface area contributed by atoms with Crippen molar-refractivity contribution in [1.82, 2.24) is 10.9 Å². The molecule has 120 valence electrons. The average Bonchev–Trinajstić information content (AvgIpc) is 2.56. The predicted octanol–water partition coefficient (Wildman–Crippen LogP) is 3.22. The maximum atomic E-state index is 12.0. The Labute approximate surface area is 143 Å². The van der Waals surface area contributed by atoms with E-state index in [9.17, 15) is 9.59 Å². The van der Waals surface area contributed by atoms with Crippen LogP contribution in [0.5, 0.6) is 5.75 Å². The smallest absolute Gasteiger partial charge is 0.279 e. The Kier molecular flexibility index (Phi) is 5.84. The monoisotopic (exact) mass is 352 g/mol. The molecule has 0 saturated carbocycles. The van der Waals surface area contributed by atoms with Gasteiger partial charge in [0.05, 0.1) is 5.02 Å². The highest BCUT2D eigenvalue weighted by molar-refractivity contribution is 6.34. The number of nitrogens with one attached hydrogen (secondary N) is 2. The summed E-state index contributed by atoms with van der Waals surface area (Å²) in [5.41, 5.74) is 5.04. The molecule has 0 aliphatic heterocycles. The molecule has 0 saturated heterocycles. The van der Waals surface area contributed by atoms with E-state index in [-0.39, 0.29) is 5.75 Å². The second-order valence-corrected chi connectivity index (χ2v) is 5.49. The Hall–Kier alpha value is -2.24. The van der Waals surface area contributed by atoms with Gasteiger partial charge in [-0.3, -0.25) is 20.4 Å². The molecule has 0 spiro atoms. The first-order chi connectivity index (χ1) is 11.0. The van der Waals surface area contributed by atoms with Crippen LogP contribution in [0.15, 0.2) is 48.5 Å². The van der Waals surface area contributed by atoms with Crippen molar-refractivity contribution in [3.05, 3.63) is 64.1 Å². The van der Waals surface area contributed by atoms with Crippen LogP contribution in [0.25, 0.3) is 0 Å². The molecule has 0 bridgehead atoms. The number of amides is 2. The minimum Gasteiger partial charge on any atom is -0.479 e. The van der Waals surface area contributed by atoms with Crippen molar-refractivity contribution in [2.24, 2.45) is 0 Å². The summed E-state index contributed by atoms with van der Waals surface area (Å²) in [6.45, 7) is 1.53. The Morgan fingerprint density at radius 2 is 1.74 bits per heavy atom. The summed E-state index contributed by atoms with van der Waals surface area (Å²) in [7, 11) is 0. The highest BCUT2D eigenvalue weighted by Gasteiger charge is 2.17. The molecule has 0 aliphatic carbocycles.